The van der Waals surface area contributed by atoms with E-state index in [1.165, 1.54) is 18.2 Å². The van der Waals surface area contributed by atoms with Gasteiger partial charge < -0.3 is 19.3 Å². The van der Waals surface area contributed by atoms with E-state index in [0.717, 1.165) is 19.2 Å². The van der Waals surface area contributed by atoms with Crippen LogP contribution in [0.4, 0.5) is 32.0 Å². The van der Waals surface area contributed by atoms with Crippen LogP contribution in [0.15, 0.2) is 24.3 Å². The molecule has 1 unspecified atom stereocenters. The van der Waals surface area contributed by atoms with Crippen LogP contribution in [0, 0.1) is 0 Å². The molecule has 0 aromatic heterocycles. The smallest absolute Gasteiger partial charge is 0.365 e. The minimum Gasteiger partial charge on any atom is -0.365 e. The number of allylic oxidation sites excluding steroid dienone is 1. The van der Waals surface area contributed by atoms with Crippen molar-refractivity contribution in [2.24, 2.45) is 0 Å². The minimum atomic E-state index is -5.80. The second-order valence-electron chi connectivity index (χ2n) is 7.52. The summed E-state index contributed by atoms with van der Waals surface area (Å²) in [5.74, 6) is -0.0963. The van der Waals surface area contributed by atoms with Gasteiger partial charge in [0, 0.05) is 44.0 Å². The molecule has 1 amide bonds. The van der Waals surface area contributed by atoms with Crippen molar-refractivity contribution in [1.82, 2.24) is 4.90 Å². The number of anilines is 1. The first-order valence-electron chi connectivity index (χ1n) is 9.98. The molecule has 0 N–H and O–H groups in total. The van der Waals surface area contributed by atoms with E-state index in [0.29, 0.717) is 25.3 Å². The van der Waals surface area contributed by atoms with Crippen molar-refractivity contribution < 1.29 is 40.6 Å². The Morgan fingerprint density at radius 2 is 1.82 bits per heavy atom. The topological polar surface area (TPSA) is 42.0 Å². The summed E-state index contributed by atoms with van der Waals surface area (Å²) in [6.07, 6.45) is -8.63. The maximum absolute atomic E-state index is 13.9. The molecule has 1 aromatic rings. The number of alkyl halides is 7. The quantitative estimate of drug-likeness (QED) is 0.271. The van der Waals surface area contributed by atoms with Crippen LogP contribution in [0.2, 0.25) is 0 Å². The van der Waals surface area contributed by atoms with Gasteiger partial charge in [0.25, 0.3) is 5.60 Å². The van der Waals surface area contributed by atoms with Crippen molar-refractivity contribution in [2.45, 2.75) is 37.8 Å². The van der Waals surface area contributed by atoms with Crippen LogP contribution < -0.4 is 4.90 Å². The fourth-order valence-electron chi connectivity index (χ4n) is 3.86. The first kappa shape index (κ1) is 27.5. The standard InChI is InChI=1S/C21H25BrF6N2O3/c1-4-5-15-10-16(19(20(23,24)25,21(26,27)28)33-13-32-3)6-7-17(15)30-9-8-29(12-14(30)2)18(31)11-22/h4-7,10,14H,8-9,11-13H2,1-3H3/b5-4-. The number of hydrogen-bond acceptors (Lipinski definition) is 4. The van der Waals surface area contributed by atoms with Gasteiger partial charge in [-0.1, -0.05) is 34.1 Å². The number of methoxy groups -OCH3 is 1. The molecule has 0 spiro atoms. The van der Waals surface area contributed by atoms with Gasteiger partial charge in [-0.05, 0) is 31.5 Å². The van der Waals surface area contributed by atoms with Crippen LogP contribution >= 0.6 is 15.9 Å². The van der Waals surface area contributed by atoms with E-state index in [2.05, 4.69) is 25.4 Å². The first-order chi connectivity index (χ1) is 15.3. The van der Waals surface area contributed by atoms with Gasteiger partial charge >= 0.3 is 12.4 Å². The number of ether oxygens (including phenoxy) is 2. The van der Waals surface area contributed by atoms with Crippen molar-refractivity contribution in [3.8, 4) is 0 Å². The number of nitrogens with zero attached hydrogens (tertiary/aromatic N) is 2. The molecule has 1 aromatic carbocycles. The van der Waals surface area contributed by atoms with Crippen LogP contribution in [0.25, 0.3) is 6.08 Å². The number of carbonyl (C=O) groups excluding carboxylic acids is 1. The van der Waals surface area contributed by atoms with Crippen LogP contribution in [0.3, 0.4) is 0 Å². The van der Waals surface area contributed by atoms with Crippen LogP contribution in [0.1, 0.15) is 25.0 Å². The largest absolute Gasteiger partial charge is 0.430 e. The second-order valence-corrected chi connectivity index (χ2v) is 8.08. The summed E-state index contributed by atoms with van der Waals surface area (Å²) in [4.78, 5) is 15.5. The molecule has 0 aliphatic carbocycles. The lowest BCUT2D eigenvalue weighted by Crippen LogP contribution is -2.56. The summed E-state index contributed by atoms with van der Waals surface area (Å²) in [5.41, 5.74) is -5.03. The Hall–Kier alpha value is -1.79. The van der Waals surface area contributed by atoms with Gasteiger partial charge in [0.05, 0.1) is 5.33 Å². The Balaban J connectivity index is 2.58. The normalized spacial score (nSPS) is 18.3. The van der Waals surface area contributed by atoms with Crippen LogP contribution in [0.5, 0.6) is 0 Å². The van der Waals surface area contributed by atoms with E-state index >= 15 is 0 Å². The first-order valence-corrected chi connectivity index (χ1v) is 11.1. The lowest BCUT2D eigenvalue weighted by atomic mass is 9.89. The molecule has 1 saturated heterocycles. The van der Waals surface area contributed by atoms with E-state index in [1.54, 1.807) is 11.8 Å². The fourth-order valence-corrected chi connectivity index (χ4v) is 4.21. The predicted octanol–water partition coefficient (Wildman–Crippen LogP) is 5.09. The van der Waals surface area contributed by atoms with Gasteiger partial charge in [0.2, 0.25) is 5.91 Å². The number of carbonyl (C=O) groups is 1. The summed E-state index contributed by atoms with van der Waals surface area (Å²) in [6.45, 7) is 3.34. The molecule has 1 aliphatic rings. The number of benzene rings is 1. The van der Waals surface area contributed by atoms with Gasteiger partial charge in [-0.2, -0.15) is 26.3 Å². The molecule has 33 heavy (non-hydrogen) atoms. The van der Waals surface area contributed by atoms with E-state index in [-0.39, 0.29) is 22.8 Å². The number of amides is 1. The van der Waals surface area contributed by atoms with E-state index in [1.807, 2.05) is 11.8 Å². The molecule has 186 valence electrons. The zero-order chi connectivity index (χ0) is 25.0. The number of rotatable bonds is 7. The maximum Gasteiger partial charge on any atom is 0.430 e. The third-order valence-electron chi connectivity index (χ3n) is 5.38. The third-order valence-corrected chi connectivity index (χ3v) is 5.86. The molecule has 5 nitrogen and oxygen atoms in total. The highest BCUT2D eigenvalue weighted by atomic mass is 79.9. The van der Waals surface area contributed by atoms with Gasteiger partial charge in [-0.15, -0.1) is 0 Å². The highest BCUT2D eigenvalue weighted by Crippen LogP contribution is 2.53. The lowest BCUT2D eigenvalue weighted by molar-refractivity contribution is -0.400. The lowest BCUT2D eigenvalue weighted by Gasteiger charge is -2.42. The number of piperazine rings is 1. The Morgan fingerprint density at radius 3 is 2.30 bits per heavy atom. The molecule has 12 heteroatoms. The van der Waals surface area contributed by atoms with Gasteiger partial charge in [0.15, 0.2) is 0 Å². The van der Waals surface area contributed by atoms with E-state index in [9.17, 15) is 31.1 Å². The van der Waals surface area contributed by atoms with Crippen molar-refractivity contribution >= 4 is 33.6 Å². The maximum atomic E-state index is 13.9. The predicted molar refractivity (Wildman–Crippen MR) is 115 cm³/mol. The number of hydrogen-bond donors (Lipinski definition) is 0. The molecule has 1 aliphatic heterocycles. The molecule has 1 heterocycles. The highest BCUT2D eigenvalue weighted by molar-refractivity contribution is 9.09. The van der Waals surface area contributed by atoms with E-state index in [4.69, 9.17) is 0 Å². The summed E-state index contributed by atoms with van der Waals surface area (Å²) in [7, 11) is 0.938. The van der Waals surface area contributed by atoms with Gasteiger partial charge in [-0.3, -0.25) is 4.79 Å². The second kappa shape index (κ2) is 10.6. The molecule has 0 radical (unpaired) electrons. The summed E-state index contributed by atoms with van der Waals surface area (Å²) >= 11 is 3.12. The zero-order valence-electron chi connectivity index (χ0n) is 18.3. The zero-order valence-corrected chi connectivity index (χ0v) is 19.9. The average Bonchev–Trinajstić information content (AvgIpc) is 2.72. The fraction of sp³-hybridized carbons (Fsp3) is 0.571. The minimum absolute atomic E-state index is 0.0963. The molecule has 2 rings (SSSR count). The Bertz CT molecular complexity index is 845. The summed E-state index contributed by atoms with van der Waals surface area (Å²) in [6, 6.07) is 2.64. The Morgan fingerprint density at radius 1 is 1.18 bits per heavy atom. The van der Waals surface area contributed by atoms with Crippen molar-refractivity contribution in [1.29, 1.82) is 0 Å². The molecular weight excluding hydrogens is 522 g/mol. The molecular formula is C21H25BrF6N2O3. The molecule has 0 saturated carbocycles. The Kier molecular flexibility index (Phi) is 8.86. The number of halogens is 7. The van der Waals surface area contributed by atoms with Crippen molar-refractivity contribution in [3.63, 3.8) is 0 Å². The monoisotopic (exact) mass is 546 g/mol. The van der Waals surface area contributed by atoms with Crippen LogP contribution in [-0.4, -0.2) is 68.1 Å². The van der Waals surface area contributed by atoms with Gasteiger partial charge in [-0.25, -0.2) is 0 Å². The highest BCUT2D eigenvalue weighted by Gasteiger charge is 2.73. The van der Waals surface area contributed by atoms with Gasteiger partial charge in [0.1, 0.15) is 6.79 Å². The molecule has 1 fully saturated rings. The SMILES string of the molecule is C/C=C\c1cc(C(OCOC)(C(F)(F)F)C(F)(F)F)ccc1N1CCN(C(=O)CBr)CC1C. The van der Waals surface area contributed by atoms with Crippen molar-refractivity contribution in [3.05, 3.63) is 35.4 Å². The molecule has 0 bridgehead atoms. The third kappa shape index (κ3) is 5.48. The van der Waals surface area contributed by atoms with Crippen LogP contribution in [-0.2, 0) is 19.9 Å². The summed E-state index contributed by atoms with van der Waals surface area (Å²) < 4.78 is 92.1. The average molecular weight is 547 g/mol. The van der Waals surface area contributed by atoms with Crippen molar-refractivity contribution in [2.75, 3.05) is 43.8 Å². The Labute approximate surface area is 196 Å². The van der Waals surface area contributed by atoms with E-state index < -0.39 is 30.3 Å². The summed E-state index contributed by atoms with van der Waals surface area (Å²) in [5, 5.41) is 0.163. The molecule has 1 atom stereocenters.